The van der Waals surface area contributed by atoms with Gasteiger partial charge in [0, 0.05) is 25.8 Å². The van der Waals surface area contributed by atoms with Gasteiger partial charge < -0.3 is 30.3 Å². The van der Waals surface area contributed by atoms with Gasteiger partial charge in [-0.2, -0.15) is 0 Å². The molecule has 2 saturated heterocycles. The summed E-state index contributed by atoms with van der Waals surface area (Å²) < 4.78 is 5.24. The van der Waals surface area contributed by atoms with Crippen molar-refractivity contribution in [1.29, 1.82) is 0 Å². The predicted molar refractivity (Wildman–Crippen MR) is 176 cm³/mol. The zero-order chi connectivity index (χ0) is 34.5. The number of nitrogens with one attached hydrogen (secondary N) is 3. The minimum absolute atomic E-state index is 0. The smallest absolute Gasteiger partial charge is 0.406 e. The molecule has 3 aliphatic rings. The Morgan fingerprint density at radius 3 is 1.37 bits per heavy atom. The second-order valence-electron chi connectivity index (χ2n) is 10.6. The molecule has 0 radical (unpaired) electrons. The fraction of sp³-hybridized carbons (Fsp3) is 0.441. The average Bonchev–Trinajstić information content (AvgIpc) is 3.81. The molecule has 2 aromatic carbocycles. The number of Topliss-reactive ketones (excluding diaryl/α,β-unsaturated/α-hetero) is 4. The molecule has 46 heavy (non-hydrogen) atoms. The monoisotopic (exact) mass is 640 g/mol. The third-order valence-corrected chi connectivity index (χ3v) is 7.16. The van der Waals surface area contributed by atoms with Crippen LogP contribution in [0.1, 0.15) is 85.8 Å². The molecule has 12 nitrogen and oxygen atoms in total. The van der Waals surface area contributed by atoms with Gasteiger partial charge in [-0.1, -0.05) is 69.8 Å². The molecule has 3 amide bonds. The maximum absolute atomic E-state index is 11.3. The number of hydrogen-bond donors (Lipinski definition) is 4. The molecule has 1 aliphatic carbocycles. The third kappa shape index (κ3) is 11.7. The van der Waals surface area contributed by atoms with Crippen molar-refractivity contribution in [3.63, 3.8) is 0 Å². The van der Waals surface area contributed by atoms with Gasteiger partial charge in [0.25, 0.3) is 11.8 Å². The van der Waals surface area contributed by atoms with Crippen LogP contribution in [0.4, 0.5) is 4.79 Å². The summed E-state index contributed by atoms with van der Waals surface area (Å²) >= 11 is 0. The van der Waals surface area contributed by atoms with Gasteiger partial charge in [0.05, 0.1) is 0 Å². The molecule has 2 aromatic rings. The molecule has 5 N–H and O–H groups in total. The number of hydrogen-bond acceptors (Lipinski definition) is 9. The Kier molecular flexibility index (Phi) is 16.4. The Hall–Kier alpha value is -4.71. The van der Waals surface area contributed by atoms with Crippen LogP contribution in [0.15, 0.2) is 48.5 Å². The van der Waals surface area contributed by atoms with E-state index in [9.17, 15) is 33.6 Å². The van der Waals surface area contributed by atoms with Gasteiger partial charge in [-0.15, -0.1) is 0 Å². The average molecular weight is 641 g/mol. The summed E-state index contributed by atoms with van der Waals surface area (Å²) in [5, 5.41) is 7.09. The van der Waals surface area contributed by atoms with E-state index in [0.717, 1.165) is 0 Å². The lowest BCUT2D eigenvalue weighted by atomic mass is 9.98. The Balaban J connectivity index is 0.000000627. The lowest BCUT2D eigenvalue weighted by Crippen LogP contribution is -2.36. The molecule has 2 fully saturated rings. The highest BCUT2D eigenvalue weighted by atomic mass is 16.5. The highest BCUT2D eigenvalue weighted by Crippen LogP contribution is 2.44. The normalized spacial score (nSPS) is 18.7. The summed E-state index contributed by atoms with van der Waals surface area (Å²) in [6, 6.07) is 16.6. The van der Waals surface area contributed by atoms with Crippen molar-refractivity contribution < 1.29 is 38.3 Å². The zero-order valence-corrected chi connectivity index (χ0v) is 27.2. The van der Waals surface area contributed by atoms with Gasteiger partial charge >= 0.3 is 6.09 Å². The fourth-order valence-corrected chi connectivity index (χ4v) is 3.51. The van der Waals surface area contributed by atoms with Gasteiger partial charge in [-0.25, -0.2) is 4.79 Å². The number of ketones is 4. The molecule has 2 aliphatic heterocycles. The van der Waals surface area contributed by atoms with Crippen molar-refractivity contribution in [1.82, 2.24) is 16.0 Å². The lowest BCUT2D eigenvalue weighted by Gasteiger charge is -2.13. The minimum Gasteiger partial charge on any atom is -0.449 e. The first-order chi connectivity index (χ1) is 21.0. The van der Waals surface area contributed by atoms with Crippen molar-refractivity contribution >= 4 is 41.0 Å². The molecule has 0 bridgehead atoms. The van der Waals surface area contributed by atoms with E-state index in [1.165, 1.54) is 36.1 Å². The van der Waals surface area contributed by atoms with Crippen LogP contribution in [-0.4, -0.2) is 65.9 Å². The summed E-state index contributed by atoms with van der Waals surface area (Å²) in [4.78, 5) is 72.2. The highest BCUT2D eigenvalue weighted by Gasteiger charge is 2.54. The quantitative estimate of drug-likeness (QED) is 0.268. The van der Waals surface area contributed by atoms with Crippen molar-refractivity contribution in [2.24, 2.45) is 5.73 Å². The van der Waals surface area contributed by atoms with Crippen LogP contribution in [0.3, 0.4) is 0 Å². The van der Waals surface area contributed by atoms with E-state index >= 15 is 0 Å². The second kappa shape index (κ2) is 18.3. The molecule has 2 unspecified atom stereocenters. The first kappa shape index (κ1) is 41.3. The van der Waals surface area contributed by atoms with E-state index < -0.39 is 11.2 Å². The molecule has 0 aromatic heterocycles. The molecule has 0 spiro atoms. The van der Waals surface area contributed by atoms with Crippen LogP contribution in [-0.2, 0) is 33.5 Å². The van der Waals surface area contributed by atoms with E-state index in [-0.39, 0.29) is 54.4 Å². The van der Waals surface area contributed by atoms with Crippen LogP contribution >= 0.6 is 0 Å². The number of rotatable bonds is 6. The van der Waals surface area contributed by atoms with Gasteiger partial charge in [-0.05, 0) is 56.9 Å². The van der Waals surface area contributed by atoms with Crippen molar-refractivity contribution in [3.8, 4) is 11.1 Å². The topological polar surface area (TPSA) is 211 Å². The van der Waals surface area contributed by atoms with E-state index in [0.29, 0.717) is 19.4 Å². The van der Waals surface area contributed by atoms with Crippen molar-refractivity contribution in [2.45, 2.75) is 85.9 Å². The van der Waals surface area contributed by atoms with Gasteiger partial charge in [-0.3, -0.25) is 24.9 Å². The van der Waals surface area contributed by atoms with Crippen LogP contribution in [0.5, 0.6) is 0 Å². The van der Waals surface area contributed by atoms with E-state index in [1.54, 1.807) is 27.8 Å². The zero-order valence-electron chi connectivity index (χ0n) is 27.2. The number of ether oxygens (including phenoxy) is 1. The number of carbonyl (C=O) groups excluding carboxylic acids is 7. The molecule has 12 heteroatoms. The van der Waals surface area contributed by atoms with E-state index in [1.807, 2.05) is 38.1 Å². The maximum Gasteiger partial charge on any atom is 0.406 e. The predicted octanol–water partition coefficient (Wildman–Crippen LogP) is 3.59. The number of carbonyl (C=O) groups is 7. The fourth-order valence-electron chi connectivity index (χ4n) is 3.51. The number of amides is 3. The number of alkyl carbamates (subject to hydrolysis) is 1. The summed E-state index contributed by atoms with van der Waals surface area (Å²) in [5.74, 6) is -0.347. The summed E-state index contributed by atoms with van der Waals surface area (Å²) in [5.41, 5.74) is 7.92. The molecule has 252 valence electrons. The minimum atomic E-state index is -1.32. The van der Waals surface area contributed by atoms with E-state index in [4.69, 9.17) is 10.5 Å². The summed E-state index contributed by atoms with van der Waals surface area (Å²) in [6.07, 6.45) is 0.946. The van der Waals surface area contributed by atoms with Gasteiger partial charge in [0.2, 0.25) is 5.66 Å². The van der Waals surface area contributed by atoms with E-state index in [2.05, 4.69) is 40.2 Å². The summed E-state index contributed by atoms with van der Waals surface area (Å²) in [6.45, 7) is 11.5. The summed E-state index contributed by atoms with van der Waals surface area (Å²) in [7, 11) is 1.57. The Bertz CT molecular complexity index is 1340. The molecular formula is C34H48N4O8. The molecular weight excluding hydrogens is 592 g/mol. The first-order valence-corrected chi connectivity index (χ1v) is 14.5. The number of fused-ring (bicyclic) bond motifs is 3. The van der Waals surface area contributed by atoms with Crippen LogP contribution in [0.25, 0.3) is 11.1 Å². The molecule has 0 saturated carbocycles. The first-order valence-electron chi connectivity index (χ1n) is 14.5. The Morgan fingerprint density at radius 1 is 0.783 bits per heavy atom. The van der Waals surface area contributed by atoms with Crippen molar-refractivity contribution in [2.75, 3.05) is 13.7 Å². The second-order valence-corrected chi connectivity index (χ2v) is 10.6. The Labute approximate surface area is 271 Å². The van der Waals surface area contributed by atoms with Gasteiger partial charge in [0.15, 0.2) is 17.1 Å². The maximum atomic E-state index is 11.3. The third-order valence-electron chi connectivity index (χ3n) is 7.16. The van der Waals surface area contributed by atoms with Crippen molar-refractivity contribution in [3.05, 3.63) is 59.7 Å². The standard InChI is InChI=1S/C16H15NO2.C5H7NO2.C4H6N2O2.2C4H8O.CH4/c1-17-16(18)19-10-15-13-8-4-2-6-11(13)12-7-3-5-9-14(12)15;1-3(7)5(2)4(8)6-5;1-2(7)4(5)3(8)6-4;2*1-3-4(2)5;/h2-9,15H,10H2,1H3,(H,17,18);1-2H3,(H,6,8);5H2,1H3,(H,6,8);2*3H2,1-2H3;1H4. The van der Waals surface area contributed by atoms with Crippen LogP contribution in [0.2, 0.25) is 0 Å². The van der Waals surface area contributed by atoms with Gasteiger partial charge in [0.1, 0.15) is 18.2 Å². The SMILES string of the molecule is C.CC(=O)C1(C)NC1=O.CC(=O)C1(N)NC1=O.CCC(C)=O.CCC(C)=O.CNC(=O)OCC1c2ccccc2-c2ccccc21. The lowest BCUT2D eigenvalue weighted by molar-refractivity contribution is -0.123. The molecule has 5 rings (SSSR count). The number of benzene rings is 2. The largest absolute Gasteiger partial charge is 0.449 e. The van der Waals surface area contributed by atoms with Crippen LogP contribution in [0, 0.1) is 0 Å². The Morgan fingerprint density at radius 2 is 1.15 bits per heavy atom. The molecule has 2 atom stereocenters. The number of nitrogens with two attached hydrogens (primary N) is 1. The van der Waals surface area contributed by atoms with Crippen LogP contribution < -0.4 is 21.7 Å². The molecule has 2 heterocycles. The highest BCUT2D eigenvalue weighted by molar-refractivity contribution is 6.21.